The second kappa shape index (κ2) is 15.5. The summed E-state index contributed by atoms with van der Waals surface area (Å²) in [6, 6.07) is 9.77. The maximum absolute atomic E-state index is 15.6. The van der Waals surface area contributed by atoms with Crippen molar-refractivity contribution in [1.29, 1.82) is 5.26 Å². The summed E-state index contributed by atoms with van der Waals surface area (Å²) in [5, 5.41) is 22.4. The first-order chi connectivity index (χ1) is 28.5. The van der Waals surface area contributed by atoms with Crippen molar-refractivity contribution in [2.75, 3.05) is 54.8 Å². The predicted molar refractivity (Wildman–Crippen MR) is 218 cm³/mol. The molecule has 0 bridgehead atoms. The summed E-state index contributed by atoms with van der Waals surface area (Å²) < 4.78 is 49.4. The molecule has 16 heteroatoms. The number of nitrogen functional groups attached to an aromatic ring is 1. The zero-order valence-corrected chi connectivity index (χ0v) is 33.2. The minimum atomic E-state index is -3.02. The Morgan fingerprint density at radius 1 is 0.949 bits per heavy atom. The smallest absolute Gasteiger partial charge is 0.280 e. The standard InChI is InChI=1S/C43H49F3N12O/c1-2-42(41(59)52-32-4-3-5-32)13-18-55(19-14-42)38-9-6-28(22-49-38)39-40-29(21-47)23-51-58(40)26-35(53-39)30-24-50-57(25-30)33-10-15-54(16-11-33)37-12-17-56(27-43(37,45)46)36-8-7-31(48)20-34(36)44/h6-9,20,22-26,32-33,37H,2-5,10-19,27,48H2,1H3,(H,52,59)/t37-/m0/s1. The Bertz CT molecular complexity index is 2370. The first kappa shape index (κ1) is 38.8. The van der Waals surface area contributed by atoms with Gasteiger partial charge in [0, 0.05) is 68.0 Å². The van der Waals surface area contributed by atoms with Gasteiger partial charge in [0.05, 0.1) is 59.7 Å². The number of aromatic nitrogens is 6. The van der Waals surface area contributed by atoms with E-state index in [0.717, 1.165) is 62.1 Å². The lowest BCUT2D eigenvalue weighted by Crippen LogP contribution is -2.59. The van der Waals surface area contributed by atoms with E-state index in [0.29, 0.717) is 61.0 Å². The van der Waals surface area contributed by atoms with Crippen molar-refractivity contribution in [2.45, 2.75) is 88.8 Å². The number of pyridine rings is 1. The topological polar surface area (TPSA) is 150 Å². The first-order valence-corrected chi connectivity index (χ1v) is 20.8. The molecular formula is C43H49F3N12O. The monoisotopic (exact) mass is 806 g/mol. The molecule has 1 saturated carbocycles. The Kier molecular flexibility index (Phi) is 10.2. The van der Waals surface area contributed by atoms with Crippen LogP contribution in [0.1, 0.15) is 76.3 Å². The number of nitrogens with one attached hydrogen (secondary N) is 1. The minimum Gasteiger partial charge on any atom is -0.399 e. The van der Waals surface area contributed by atoms with Crippen LogP contribution in [0.5, 0.6) is 0 Å². The fourth-order valence-electron chi connectivity index (χ4n) is 9.44. The van der Waals surface area contributed by atoms with Crippen LogP contribution in [-0.4, -0.2) is 97.4 Å². The van der Waals surface area contributed by atoms with Gasteiger partial charge in [-0.05, 0) is 88.1 Å². The summed E-state index contributed by atoms with van der Waals surface area (Å²) >= 11 is 0. The van der Waals surface area contributed by atoms with Crippen LogP contribution in [-0.2, 0) is 4.79 Å². The van der Waals surface area contributed by atoms with Gasteiger partial charge in [-0.15, -0.1) is 0 Å². The number of nitriles is 1. The molecule has 4 fully saturated rings. The van der Waals surface area contributed by atoms with E-state index in [1.165, 1.54) is 35.7 Å². The van der Waals surface area contributed by atoms with Crippen molar-refractivity contribution in [1.82, 2.24) is 39.6 Å². The molecule has 59 heavy (non-hydrogen) atoms. The van der Waals surface area contributed by atoms with Crippen LogP contribution in [0.4, 0.5) is 30.4 Å². The third-order valence-corrected chi connectivity index (χ3v) is 13.4. The highest BCUT2D eigenvalue weighted by molar-refractivity contribution is 5.84. The number of likely N-dealkylation sites (tertiary alicyclic amines) is 1. The van der Waals surface area contributed by atoms with Crippen molar-refractivity contribution in [3.8, 4) is 28.6 Å². The summed E-state index contributed by atoms with van der Waals surface area (Å²) in [6.07, 6.45) is 16.0. The lowest BCUT2D eigenvalue weighted by molar-refractivity contribution is -0.133. The molecular weight excluding hydrogens is 758 g/mol. The number of amides is 1. The van der Waals surface area contributed by atoms with Crippen molar-refractivity contribution in [3.63, 3.8) is 0 Å². The lowest BCUT2D eigenvalue weighted by atomic mass is 9.74. The number of benzene rings is 1. The molecule has 308 valence electrons. The minimum absolute atomic E-state index is 0.0156. The molecule has 0 unspecified atom stereocenters. The molecule has 4 aliphatic rings. The number of hydrogen-bond donors (Lipinski definition) is 2. The van der Waals surface area contributed by atoms with Crippen LogP contribution in [0.2, 0.25) is 0 Å². The number of hydrogen-bond acceptors (Lipinski definition) is 10. The van der Waals surface area contributed by atoms with Crippen LogP contribution in [0, 0.1) is 22.6 Å². The van der Waals surface area contributed by atoms with Crippen molar-refractivity contribution >= 4 is 28.6 Å². The van der Waals surface area contributed by atoms with Gasteiger partial charge in [0.25, 0.3) is 5.92 Å². The molecule has 1 atom stereocenters. The van der Waals surface area contributed by atoms with Crippen molar-refractivity contribution < 1.29 is 18.0 Å². The molecule has 1 aromatic carbocycles. The van der Waals surface area contributed by atoms with Crippen LogP contribution >= 0.6 is 0 Å². The summed E-state index contributed by atoms with van der Waals surface area (Å²) in [4.78, 5) is 28.7. The van der Waals surface area contributed by atoms with Crippen LogP contribution in [0.3, 0.4) is 0 Å². The number of rotatable bonds is 9. The lowest BCUT2D eigenvalue weighted by Gasteiger charge is -2.46. The van der Waals surface area contributed by atoms with Crippen molar-refractivity contribution in [2.24, 2.45) is 5.41 Å². The number of anilines is 3. The molecule has 3 aliphatic heterocycles. The highest BCUT2D eigenvalue weighted by Gasteiger charge is 2.48. The number of carbonyl (C=O) groups is 1. The average molecular weight is 807 g/mol. The first-order valence-electron chi connectivity index (χ1n) is 20.8. The number of nitrogens with two attached hydrogens (primary N) is 1. The van der Waals surface area contributed by atoms with E-state index < -0.39 is 24.3 Å². The van der Waals surface area contributed by atoms with Gasteiger partial charge in [0.15, 0.2) is 0 Å². The highest BCUT2D eigenvalue weighted by atomic mass is 19.3. The Labute approximate surface area is 341 Å². The highest BCUT2D eigenvalue weighted by Crippen LogP contribution is 2.39. The number of alkyl halides is 2. The summed E-state index contributed by atoms with van der Waals surface area (Å²) in [7, 11) is 0. The Morgan fingerprint density at radius 2 is 1.75 bits per heavy atom. The molecule has 1 amide bonds. The predicted octanol–water partition coefficient (Wildman–Crippen LogP) is 6.46. The van der Waals surface area contributed by atoms with E-state index >= 15 is 8.78 Å². The summed E-state index contributed by atoms with van der Waals surface area (Å²) in [6.45, 7) is 4.34. The van der Waals surface area contributed by atoms with E-state index in [-0.39, 0.29) is 35.2 Å². The SMILES string of the molecule is CCC1(C(=O)NC2CCC2)CCN(c2ccc(-c3nc(-c4cnn(C5CCN([C@H]6CCN(c7ccc(N)cc7F)CC6(F)F)CC5)c4)cn4ncc(C#N)c34)cn2)CC1. The molecule has 13 nitrogen and oxygen atoms in total. The molecule has 5 aromatic rings. The van der Waals surface area contributed by atoms with Crippen LogP contribution in [0.15, 0.2) is 61.3 Å². The van der Waals surface area contributed by atoms with E-state index in [9.17, 15) is 14.4 Å². The second-order valence-corrected chi connectivity index (χ2v) is 16.7. The number of carbonyl (C=O) groups excluding carboxylic acids is 1. The molecule has 4 aromatic heterocycles. The number of fused-ring (bicyclic) bond motifs is 1. The third kappa shape index (κ3) is 7.34. The van der Waals surface area contributed by atoms with E-state index in [1.54, 1.807) is 23.1 Å². The third-order valence-electron chi connectivity index (χ3n) is 13.4. The molecule has 9 rings (SSSR count). The Morgan fingerprint density at radius 3 is 2.41 bits per heavy atom. The quantitative estimate of drug-likeness (QED) is 0.159. The molecule has 3 saturated heterocycles. The molecule has 0 radical (unpaired) electrons. The van der Waals surface area contributed by atoms with Gasteiger partial charge in [0.2, 0.25) is 5.91 Å². The summed E-state index contributed by atoms with van der Waals surface area (Å²) in [5.41, 5.74) is 9.39. The fourth-order valence-corrected chi connectivity index (χ4v) is 9.44. The van der Waals surface area contributed by atoms with Crippen molar-refractivity contribution in [3.05, 3.63) is 72.7 Å². The second-order valence-electron chi connectivity index (χ2n) is 16.7. The zero-order chi connectivity index (χ0) is 40.9. The Balaban J connectivity index is 0.873. The van der Waals surface area contributed by atoms with Gasteiger partial charge in [-0.1, -0.05) is 6.92 Å². The summed E-state index contributed by atoms with van der Waals surface area (Å²) in [5.74, 6) is -2.59. The zero-order valence-electron chi connectivity index (χ0n) is 33.2. The van der Waals surface area contributed by atoms with Gasteiger partial charge in [-0.2, -0.15) is 15.5 Å². The van der Waals surface area contributed by atoms with E-state index in [4.69, 9.17) is 15.7 Å². The van der Waals surface area contributed by atoms with E-state index in [1.807, 2.05) is 27.9 Å². The fraction of sp³-hybridized carbons (Fsp3) is 0.488. The number of halogens is 3. The van der Waals surface area contributed by atoms with Gasteiger partial charge in [-0.3, -0.25) is 14.4 Å². The molecule has 7 heterocycles. The molecule has 1 aliphatic carbocycles. The van der Waals surface area contributed by atoms with Gasteiger partial charge >= 0.3 is 0 Å². The molecule has 0 spiro atoms. The van der Waals surface area contributed by atoms with E-state index in [2.05, 4.69) is 33.4 Å². The number of nitrogens with zero attached hydrogens (tertiary/aromatic N) is 10. The average Bonchev–Trinajstić information content (AvgIpc) is 3.90. The van der Waals surface area contributed by atoms with Gasteiger partial charge < -0.3 is 20.9 Å². The Hall–Kier alpha value is -5.69. The normalized spacial score (nSPS) is 21.3. The maximum Gasteiger partial charge on any atom is 0.280 e. The van der Waals surface area contributed by atoms with Crippen LogP contribution < -0.4 is 20.9 Å². The maximum atomic E-state index is 15.6. The largest absolute Gasteiger partial charge is 0.399 e. The van der Waals surface area contributed by atoms with Gasteiger partial charge in [-0.25, -0.2) is 27.7 Å². The number of piperidine rings is 3. The van der Waals surface area contributed by atoms with Gasteiger partial charge in [0.1, 0.15) is 28.8 Å². The van der Waals surface area contributed by atoms with Crippen LogP contribution in [0.25, 0.3) is 28.0 Å². The molecule has 3 N–H and O–H groups in total.